The van der Waals surface area contributed by atoms with Gasteiger partial charge < -0.3 is 37.9 Å². The van der Waals surface area contributed by atoms with Gasteiger partial charge in [0.1, 0.15) is 22.5 Å². The maximum atomic E-state index is 16.3. The SMILES string of the molecule is CC1(C)C(/C=C/C2=C(c3ccccc3F)C(=C/C=C3/N(CCCCCC(=O)[O-])c4ccc5cc(S(=O)(=O)[O-])ccc5c4C3(C)C)/CCC2)=[N+](CCCS(=O)(=O)[O-])c2ccc(N(CCCS(=O)(=O)[O-])CCCS(=O)(=O)[O-])cc21.[Na+].[Na+].[Na+].[Na+]. The minimum absolute atomic E-state index is 0. The summed E-state index contributed by atoms with van der Waals surface area (Å²) >= 11 is 0. The summed E-state index contributed by atoms with van der Waals surface area (Å²) in [6.07, 6.45) is 11.1. The van der Waals surface area contributed by atoms with Gasteiger partial charge >= 0.3 is 118 Å². The maximum absolute atomic E-state index is 16.3. The molecule has 17 nitrogen and oxygen atoms in total. The van der Waals surface area contributed by atoms with E-state index < -0.39 is 80.3 Å². The molecular formula is C55H62FN3Na4O14S4. The monoisotopic (exact) mass is 1230 g/mol. The minimum atomic E-state index is -4.74. The van der Waals surface area contributed by atoms with E-state index in [0.717, 1.165) is 39.0 Å². The van der Waals surface area contributed by atoms with Crippen molar-refractivity contribution in [1.82, 2.24) is 0 Å². The van der Waals surface area contributed by atoms with Gasteiger partial charge in [0.05, 0.1) is 40.7 Å². The molecule has 1 aliphatic carbocycles. The summed E-state index contributed by atoms with van der Waals surface area (Å²) in [6, 6.07) is 19.8. The summed E-state index contributed by atoms with van der Waals surface area (Å²) in [5, 5.41) is 12.6. The van der Waals surface area contributed by atoms with Gasteiger partial charge in [-0.2, -0.15) is 4.58 Å². The molecule has 0 spiro atoms. The Labute approximate surface area is 564 Å². The molecule has 0 bridgehead atoms. The van der Waals surface area contributed by atoms with Crippen molar-refractivity contribution in [3.63, 3.8) is 0 Å². The van der Waals surface area contributed by atoms with Gasteiger partial charge in [0.25, 0.3) is 0 Å². The topological polar surface area (TPSA) is 278 Å². The predicted octanol–water partition coefficient (Wildman–Crippen LogP) is -5.00. The third-order valence-corrected chi connectivity index (χ3v) is 17.8. The molecule has 0 radical (unpaired) electrons. The molecule has 0 unspecified atom stereocenters. The van der Waals surface area contributed by atoms with Crippen molar-refractivity contribution in [3.8, 4) is 0 Å². The molecule has 0 saturated carbocycles. The fourth-order valence-corrected chi connectivity index (χ4v) is 13.0. The van der Waals surface area contributed by atoms with Crippen LogP contribution in [0.5, 0.6) is 0 Å². The zero-order chi connectivity index (χ0) is 56.3. The van der Waals surface area contributed by atoms with Crippen molar-refractivity contribution in [3.05, 3.63) is 136 Å². The van der Waals surface area contributed by atoms with Crippen LogP contribution in [-0.4, -0.2) is 112 Å². The van der Waals surface area contributed by atoms with Crippen LogP contribution in [0.15, 0.2) is 119 Å². The van der Waals surface area contributed by atoms with Gasteiger partial charge in [-0.1, -0.05) is 62.8 Å². The minimum Gasteiger partial charge on any atom is -0.748 e. The molecule has 81 heavy (non-hydrogen) atoms. The third kappa shape index (κ3) is 19.0. The van der Waals surface area contributed by atoms with Crippen molar-refractivity contribution in [2.24, 2.45) is 0 Å². The number of aliphatic carboxylic acids is 1. The predicted molar refractivity (Wildman–Crippen MR) is 287 cm³/mol. The number of unbranched alkanes of at least 4 members (excludes halogenated alkanes) is 2. The maximum Gasteiger partial charge on any atom is 1.00 e. The number of carboxylic acid groups (broad SMARTS) is 1. The number of nitrogens with zero attached hydrogens (tertiary/aromatic N) is 3. The zero-order valence-corrected chi connectivity index (χ0v) is 58.6. The molecule has 2 heterocycles. The first-order valence-electron chi connectivity index (χ1n) is 25.4. The van der Waals surface area contributed by atoms with Crippen molar-refractivity contribution < 1.29 is 189 Å². The Hall–Kier alpha value is -1.59. The van der Waals surface area contributed by atoms with Crippen molar-refractivity contribution >= 4 is 85.6 Å². The number of halogens is 1. The van der Waals surface area contributed by atoms with Crippen LogP contribution in [0.3, 0.4) is 0 Å². The van der Waals surface area contributed by atoms with Crippen LogP contribution in [0.1, 0.15) is 109 Å². The van der Waals surface area contributed by atoms with E-state index in [9.17, 15) is 61.8 Å². The number of benzene rings is 4. The van der Waals surface area contributed by atoms with Gasteiger partial charge in [-0.3, -0.25) is 0 Å². The Morgan fingerprint density at radius 2 is 1.33 bits per heavy atom. The average Bonchev–Trinajstić information content (AvgIpc) is 3.67. The Bertz CT molecular complexity index is 3570. The number of hydrogen-bond donors (Lipinski definition) is 0. The number of carbonyl (C=O) groups excluding carboxylic acids is 1. The number of carboxylic acids is 1. The van der Waals surface area contributed by atoms with Gasteiger partial charge in [0.15, 0.2) is 5.71 Å². The molecule has 4 aromatic rings. The van der Waals surface area contributed by atoms with E-state index in [-0.39, 0.29) is 168 Å². The molecule has 4 aromatic carbocycles. The number of hydrogen-bond acceptors (Lipinski definition) is 16. The number of rotatable bonds is 24. The van der Waals surface area contributed by atoms with Crippen LogP contribution in [0.25, 0.3) is 16.3 Å². The number of anilines is 2. The molecule has 0 amide bonds. The number of fused-ring (bicyclic) bond motifs is 4. The second kappa shape index (κ2) is 30.4. The van der Waals surface area contributed by atoms with Gasteiger partial charge in [-0.05, 0) is 141 Å². The zero-order valence-electron chi connectivity index (χ0n) is 47.3. The second-order valence-corrected chi connectivity index (χ2v) is 26.7. The van der Waals surface area contributed by atoms with Gasteiger partial charge in [-0.15, -0.1) is 0 Å². The molecule has 3 aliphatic rings. The molecule has 7 rings (SSSR count). The van der Waals surface area contributed by atoms with Gasteiger partial charge in [-0.25, -0.2) is 38.1 Å². The normalized spacial score (nSPS) is 16.9. The van der Waals surface area contributed by atoms with E-state index >= 15 is 4.39 Å². The van der Waals surface area contributed by atoms with Crippen LogP contribution >= 0.6 is 0 Å². The Morgan fingerprint density at radius 1 is 0.704 bits per heavy atom. The van der Waals surface area contributed by atoms with E-state index in [0.29, 0.717) is 78.7 Å². The first-order valence-corrected chi connectivity index (χ1v) is 31.5. The molecule has 0 N–H and O–H groups in total. The van der Waals surface area contributed by atoms with Crippen molar-refractivity contribution in [1.29, 1.82) is 0 Å². The van der Waals surface area contributed by atoms with Crippen LogP contribution in [-0.2, 0) is 56.1 Å². The van der Waals surface area contributed by atoms with E-state index in [1.165, 1.54) is 18.2 Å². The second-order valence-electron chi connectivity index (χ2n) is 20.8. The summed E-state index contributed by atoms with van der Waals surface area (Å²) < 4.78 is 159. The molecule has 0 fully saturated rings. The van der Waals surface area contributed by atoms with Crippen LogP contribution in [0, 0.1) is 5.82 Å². The van der Waals surface area contributed by atoms with E-state index in [1.807, 2.05) is 68.7 Å². The average molecular weight is 1230 g/mol. The molecule has 0 atom stereocenters. The van der Waals surface area contributed by atoms with Crippen LogP contribution < -0.4 is 133 Å². The van der Waals surface area contributed by atoms with Crippen molar-refractivity contribution in [2.75, 3.05) is 53.2 Å². The van der Waals surface area contributed by atoms with Gasteiger partial charge in [0, 0.05) is 95.0 Å². The Morgan fingerprint density at radius 3 is 1.94 bits per heavy atom. The molecule has 0 aromatic heterocycles. The molecule has 0 saturated heterocycles. The fourth-order valence-electron chi connectivity index (χ4n) is 11.0. The first kappa shape index (κ1) is 73.7. The number of carbonyl (C=O) groups is 1. The smallest absolute Gasteiger partial charge is 0.748 e. The summed E-state index contributed by atoms with van der Waals surface area (Å²) in [6.45, 7) is 8.71. The van der Waals surface area contributed by atoms with Crippen LogP contribution in [0.2, 0.25) is 0 Å². The summed E-state index contributed by atoms with van der Waals surface area (Å²) in [4.78, 5) is 14.8. The summed E-state index contributed by atoms with van der Waals surface area (Å²) in [5.41, 5.74) is 6.47. The molecule has 2 aliphatic heterocycles. The number of allylic oxidation sites excluding steroid dienone is 8. The van der Waals surface area contributed by atoms with E-state index in [2.05, 4.69) is 4.90 Å². The molecule has 416 valence electrons. The molecular weight excluding hydrogens is 1170 g/mol. The largest absolute Gasteiger partial charge is 1.00 e. The standard InChI is InChI=1S/C55H66FN3O14S4.4Na/c1-54(2)45-37-41(57(29-11-33-74(62,63)64)30-12-34-75(65,66)67)22-26-47(45)58(32-13-35-76(68,69)70)49(54)27-20-38-14-10-15-39(52(38)44-16-7-8-17-46(44)56)21-28-50-55(3,4)53-43-24-23-42(77(71,72)73)36-40(43)19-25-48(53)59(50)31-9-5-6-18-51(60)61;;;;/h7-8,16-17,19-28,36-37H,5-6,9-15,18,29-35H2,1-4H3,(H4-,60,61,62,63,64,65,66,67,68,69,70,71,72,73);;;;/q;4*+1/p-4. The van der Waals surface area contributed by atoms with Gasteiger partial charge in [0.2, 0.25) is 5.69 Å². The Balaban J connectivity index is 0.00000431. The molecule has 26 heteroatoms. The third-order valence-electron chi connectivity index (χ3n) is 14.6. The summed E-state index contributed by atoms with van der Waals surface area (Å²) in [7, 11) is -18.5. The summed E-state index contributed by atoms with van der Waals surface area (Å²) in [5.74, 6) is -3.55. The van der Waals surface area contributed by atoms with Crippen molar-refractivity contribution in [2.45, 2.75) is 108 Å². The van der Waals surface area contributed by atoms with E-state index in [1.54, 1.807) is 47.4 Å². The van der Waals surface area contributed by atoms with Crippen LogP contribution in [0.4, 0.5) is 21.5 Å². The Kier molecular flexibility index (Phi) is 27.6. The first-order chi connectivity index (χ1) is 36.0. The fraction of sp³-hybridized carbons (Fsp3) is 0.418. The quantitative estimate of drug-likeness (QED) is 0.0275. The van der Waals surface area contributed by atoms with E-state index in [4.69, 9.17) is 0 Å².